The van der Waals surface area contributed by atoms with E-state index in [1.807, 2.05) is 5.32 Å². The van der Waals surface area contributed by atoms with Crippen molar-refractivity contribution in [3.63, 3.8) is 0 Å². The second kappa shape index (κ2) is 5.09. The number of anilines is 1. The van der Waals surface area contributed by atoms with Crippen LogP contribution in [0.15, 0.2) is 36.4 Å². The maximum absolute atomic E-state index is 13.3. The first-order valence-electron chi connectivity index (χ1n) is 5.18. The lowest BCUT2D eigenvalue weighted by molar-refractivity contribution is 0.102. The van der Waals surface area contributed by atoms with Crippen LogP contribution >= 0.6 is 0 Å². The van der Waals surface area contributed by atoms with Crippen molar-refractivity contribution in [1.82, 2.24) is 0 Å². The van der Waals surface area contributed by atoms with Crippen LogP contribution in [0.2, 0.25) is 0 Å². The number of nitrogens with one attached hydrogen (secondary N) is 1. The zero-order valence-electron chi connectivity index (χ0n) is 9.38. The van der Waals surface area contributed by atoms with Crippen LogP contribution in [0.5, 0.6) is 0 Å². The summed E-state index contributed by atoms with van der Waals surface area (Å²) in [6, 6.07) is 4.65. The summed E-state index contributed by atoms with van der Waals surface area (Å²) in [5.41, 5.74) is -0.740. The van der Waals surface area contributed by atoms with E-state index in [4.69, 9.17) is 0 Å². The minimum atomic E-state index is -0.942. The molecule has 19 heavy (non-hydrogen) atoms. The molecule has 0 saturated carbocycles. The summed E-state index contributed by atoms with van der Waals surface area (Å²) < 4.78 is 52.0. The smallest absolute Gasteiger partial charge is 0.255 e. The number of halogens is 4. The van der Waals surface area contributed by atoms with Gasteiger partial charge in [0.2, 0.25) is 0 Å². The Morgan fingerprint density at radius 3 is 2.11 bits per heavy atom. The number of carbonyl (C=O) groups excluding carboxylic acids is 1. The standard InChI is InChI=1S/C13H7F4NO/c14-8-1-2-11(17)12(6-8)18-13(19)7-3-9(15)5-10(16)4-7/h1-6H,(H,18,19). The zero-order chi connectivity index (χ0) is 14.0. The quantitative estimate of drug-likeness (QED) is 0.831. The highest BCUT2D eigenvalue weighted by atomic mass is 19.1. The summed E-state index contributed by atoms with van der Waals surface area (Å²) in [6.45, 7) is 0. The molecule has 98 valence electrons. The summed E-state index contributed by atoms with van der Waals surface area (Å²) in [7, 11) is 0. The van der Waals surface area contributed by atoms with E-state index in [2.05, 4.69) is 0 Å². The number of rotatable bonds is 2. The molecule has 0 aliphatic carbocycles. The Labute approximate surface area is 105 Å². The average Bonchev–Trinajstić information content (AvgIpc) is 2.32. The van der Waals surface area contributed by atoms with Crippen LogP contribution in [0.3, 0.4) is 0 Å². The van der Waals surface area contributed by atoms with Crippen molar-refractivity contribution >= 4 is 11.6 Å². The molecule has 1 N–H and O–H groups in total. The number of amides is 1. The summed E-state index contributed by atoms with van der Waals surface area (Å²) in [4.78, 5) is 11.6. The van der Waals surface area contributed by atoms with E-state index in [1.54, 1.807) is 0 Å². The Morgan fingerprint density at radius 1 is 0.842 bits per heavy atom. The van der Waals surface area contributed by atoms with E-state index in [0.29, 0.717) is 6.07 Å². The summed E-state index contributed by atoms with van der Waals surface area (Å²) >= 11 is 0. The molecule has 2 aromatic rings. The minimum absolute atomic E-state index is 0.332. The first-order valence-corrected chi connectivity index (χ1v) is 5.18. The predicted octanol–water partition coefficient (Wildman–Crippen LogP) is 3.50. The fourth-order valence-electron chi connectivity index (χ4n) is 1.47. The molecular formula is C13H7F4NO. The molecule has 0 bridgehead atoms. The Kier molecular flexibility index (Phi) is 3.50. The van der Waals surface area contributed by atoms with Crippen molar-refractivity contribution in [2.75, 3.05) is 5.32 Å². The van der Waals surface area contributed by atoms with Crippen molar-refractivity contribution < 1.29 is 22.4 Å². The lowest BCUT2D eigenvalue weighted by Gasteiger charge is -2.06. The normalized spacial score (nSPS) is 10.3. The molecule has 2 rings (SSSR count). The molecule has 0 saturated heterocycles. The van der Waals surface area contributed by atoms with E-state index >= 15 is 0 Å². The first-order chi connectivity index (χ1) is 8.95. The number of hydrogen-bond donors (Lipinski definition) is 1. The average molecular weight is 269 g/mol. The van der Waals surface area contributed by atoms with E-state index in [0.717, 1.165) is 30.3 Å². The van der Waals surface area contributed by atoms with Gasteiger partial charge >= 0.3 is 0 Å². The fraction of sp³-hybridized carbons (Fsp3) is 0. The van der Waals surface area contributed by atoms with Crippen molar-refractivity contribution in [2.24, 2.45) is 0 Å². The van der Waals surface area contributed by atoms with E-state index < -0.39 is 34.9 Å². The van der Waals surface area contributed by atoms with Gasteiger partial charge < -0.3 is 5.32 Å². The van der Waals surface area contributed by atoms with Crippen molar-refractivity contribution in [3.05, 3.63) is 65.2 Å². The SMILES string of the molecule is O=C(Nc1cc(F)ccc1F)c1cc(F)cc(F)c1. The van der Waals surface area contributed by atoms with E-state index in [9.17, 15) is 22.4 Å². The minimum Gasteiger partial charge on any atom is -0.319 e. The molecule has 0 aromatic heterocycles. The zero-order valence-corrected chi connectivity index (χ0v) is 9.38. The highest BCUT2D eigenvalue weighted by molar-refractivity contribution is 6.04. The second-order valence-electron chi connectivity index (χ2n) is 3.74. The maximum atomic E-state index is 13.3. The molecule has 0 aliphatic heterocycles. The Morgan fingerprint density at radius 2 is 1.47 bits per heavy atom. The van der Waals surface area contributed by atoms with Gasteiger partial charge in [-0.1, -0.05) is 0 Å². The monoisotopic (exact) mass is 269 g/mol. The van der Waals surface area contributed by atoms with Gasteiger partial charge in [0, 0.05) is 17.7 Å². The van der Waals surface area contributed by atoms with Crippen LogP contribution < -0.4 is 5.32 Å². The molecule has 0 heterocycles. The van der Waals surface area contributed by atoms with Gasteiger partial charge in [-0.2, -0.15) is 0 Å². The number of benzene rings is 2. The van der Waals surface area contributed by atoms with Gasteiger partial charge in [0.15, 0.2) is 0 Å². The highest BCUT2D eigenvalue weighted by Crippen LogP contribution is 2.17. The van der Waals surface area contributed by atoms with Gasteiger partial charge in [-0.05, 0) is 24.3 Å². The third-order valence-electron chi connectivity index (χ3n) is 2.30. The van der Waals surface area contributed by atoms with Gasteiger partial charge in [-0.15, -0.1) is 0 Å². The van der Waals surface area contributed by atoms with E-state index in [-0.39, 0.29) is 5.56 Å². The molecule has 0 spiro atoms. The maximum Gasteiger partial charge on any atom is 0.255 e. The van der Waals surface area contributed by atoms with Crippen LogP contribution in [-0.4, -0.2) is 5.91 Å². The summed E-state index contributed by atoms with van der Waals surface area (Å²) in [6.07, 6.45) is 0. The molecule has 2 aromatic carbocycles. The van der Waals surface area contributed by atoms with Crippen molar-refractivity contribution in [2.45, 2.75) is 0 Å². The molecule has 2 nitrogen and oxygen atoms in total. The number of carbonyl (C=O) groups is 1. The summed E-state index contributed by atoms with van der Waals surface area (Å²) in [5.74, 6) is -4.42. The number of hydrogen-bond acceptors (Lipinski definition) is 1. The third kappa shape index (κ3) is 3.09. The molecule has 1 amide bonds. The van der Waals surface area contributed by atoms with Crippen molar-refractivity contribution in [3.8, 4) is 0 Å². The van der Waals surface area contributed by atoms with Crippen LogP contribution in [-0.2, 0) is 0 Å². The molecule has 0 atom stereocenters. The van der Waals surface area contributed by atoms with Gasteiger partial charge in [0.25, 0.3) is 5.91 Å². The molecule has 0 unspecified atom stereocenters. The topological polar surface area (TPSA) is 29.1 Å². The lowest BCUT2D eigenvalue weighted by atomic mass is 10.2. The molecule has 0 radical (unpaired) electrons. The highest BCUT2D eigenvalue weighted by Gasteiger charge is 2.12. The van der Waals surface area contributed by atoms with Crippen molar-refractivity contribution in [1.29, 1.82) is 0 Å². The molecule has 6 heteroatoms. The van der Waals surface area contributed by atoms with Gasteiger partial charge in [-0.3, -0.25) is 4.79 Å². The Balaban J connectivity index is 2.28. The Hall–Kier alpha value is -2.37. The third-order valence-corrected chi connectivity index (χ3v) is 2.30. The van der Waals surface area contributed by atoms with Crippen LogP contribution in [0.25, 0.3) is 0 Å². The predicted molar refractivity (Wildman–Crippen MR) is 60.7 cm³/mol. The Bertz CT molecular complexity index is 622. The fourth-order valence-corrected chi connectivity index (χ4v) is 1.47. The summed E-state index contributed by atoms with van der Waals surface area (Å²) in [5, 5.41) is 2.03. The van der Waals surface area contributed by atoms with Gasteiger partial charge in [0.1, 0.15) is 23.3 Å². The van der Waals surface area contributed by atoms with Gasteiger partial charge in [-0.25, -0.2) is 17.6 Å². The van der Waals surface area contributed by atoms with Crippen LogP contribution in [0.4, 0.5) is 23.2 Å². The lowest BCUT2D eigenvalue weighted by Crippen LogP contribution is -2.13. The van der Waals surface area contributed by atoms with Crippen LogP contribution in [0, 0.1) is 23.3 Å². The molecule has 0 fully saturated rings. The molecular weight excluding hydrogens is 262 g/mol. The second-order valence-corrected chi connectivity index (χ2v) is 3.74. The van der Waals surface area contributed by atoms with E-state index in [1.165, 1.54) is 0 Å². The molecule has 0 aliphatic rings. The largest absolute Gasteiger partial charge is 0.319 e. The van der Waals surface area contributed by atoms with Gasteiger partial charge in [0.05, 0.1) is 5.69 Å². The first kappa shape index (κ1) is 13.1. The van der Waals surface area contributed by atoms with Crippen LogP contribution in [0.1, 0.15) is 10.4 Å².